The maximum absolute atomic E-state index is 11.7. The van der Waals surface area contributed by atoms with Crippen molar-refractivity contribution in [2.75, 3.05) is 20.2 Å². The molecule has 1 rings (SSSR count). The maximum atomic E-state index is 11.7. The van der Waals surface area contributed by atoms with Crippen molar-refractivity contribution in [1.82, 2.24) is 10.2 Å². The van der Waals surface area contributed by atoms with Gasteiger partial charge in [0.2, 0.25) is 0 Å². The summed E-state index contributed by atoms with van der Waals surface area (Å²) >= 11 is 3.54. The number of ether oxygens (including phenoxy) is 1. The van der Waals surface area contributed by atoms with Crippen LogP contribution in [0.4, 0.5) is 0 Å². The Balaban J connectivity index is 2.66. The zero-order valence-corrected chi connectivity index (χ0v) is 15.1. The lowest BCUT2D eigenvalue weighted by atomic mass is 10.1. The van der Waals surface area contributed by atoms with Crippen LogP contribution in [0.15, 0.2) is 22.7 Å². The van der Waals surface area contributed by atoms with Gasteiger partial charge in [0.15, 0.2) is 6.61 Å². The van der Waals surface area contributed by atoms with E-state index in [2.05, 4.69) is 42.0 Å². The predicted molar refractivity (Wildman–Crippen MR) is 89.5 cm³/mol. The lowest BCUT2D eigenvalue weighted by molar-refractivity contribution is -0.131. The molecule has 4 nitrogen and oxygen atoms in total. The lowest BCUT2D eigenvalue weighted by Gasteiger charge is -2.21. The second kappa shape index (κ2) is 7.80. The van der Waals surface area contributed by atoms with E-state index in [4.69, 9.17) is 4.74 Å². The van der Waals surface area contributed by atoms with Gasteiger partial charge < -0.3 is 15.0 Å². The van der Waals surface area contributed by atoms with E-state index < -0.39 is 0 Å². The minimum Gasteiger partial charge on any atom is -0.484 e. The Morgan fingerprint density at radius 3 is 2.62 bits per heavy atom. The van der Waals surface area contributed by atoms with Gasteiger partial charge in [0.05, 0.1) is 0 Å². The van der Waals surface area contributed by atoms with E-state index in [0.29, 0.717) is 12.3 Å². The predicted octanol–water partition coefficient (Wildman–Crippen LogP) is 3.19. The number of halogens is 1. The highest BCUT2D eigenvalue weighted by Gasteiger charge is 2.11. The first kappa shape index (κ1) is 18.0. The Morgan fingerprint density at radius 1 is 1.38 bits per heavy atom. The molecule has 0 bridgehead atoms. The molecule has 1 aromatic rings. The number of carbonyl (C=O) groups is 1. The molecule has 0 aliphatic carbocycles. The molecule has 0 atom stereocenters. The van der Waals surface area contributed by atoms with Crippen LogP contribution in [0.25, 0.3) is 0 Å². The second-order valence-electron chi connectivity index (χ2n) is 6.05. The number of carbonyl (C=O) groups excluding carboxylic acids is 1. The van der Waals surface area contributed by atoms with E-state index in [1.165, 1.54) is 0 Å². The summed E-state index contributed by atoms with van der Waals surface area (Å²) in [6.07, 6.45) is 0. The van der Waals surface area contributed by atoms with Crippen molar-refractivity contribution in [3.63, 3.8) is 0 Å². The Hall–Kier alpha value is -1.07. The summed E-state index contributed by atoms with van der Waals surface area (Å²) in [6.45, 7) is 9.81. The fourth-order valence-corrected chi connectivity index (χ4v) is 1.96. The molecule has 21 heavy (non-hydrogen) atoms. The van der Waals surface area contributed by atoms with Crippen LogP contribution in [0, 0.1) is 0 Å². The number of amides is 1. The van der Waals surface area contributed by atoms with Crippen LogP contribution >= 0.6 is 15.9 Å². The van der Waals surface area contributed by atoms with Crippen molar-refractivity contribution in [2.45, 2.75) is 39.8 Å². The molecule has 0 aromatic heterocycles. The maximum Gasteiger partial charge on any atom is 0.260 e. The van der Waals surface area contributed by atoms with Gasteiger partial charge in [-0.1, -0.05) is 15.9 Å². The number of hydrogen-bond donors (Lipinski definition) is 1. The SMILES string of the molecule is CCN(C)C(=O)COc1ccc(Br)c(CNC(C)(C)C)c1. The van der Waals surface area contributed by atoms with Gasteiger partial charge in [-0.15, -0.1) is 0 Å². The van der Waals surface area contributed by atoms with Gasteiger partial charge in [-0.25, -0.2) is 0 Å². The molecule has 1 aromatic carbocycles. The van der Waals surface area contributed by atoms with Crippen LogP contribution in [0.3, 0.4) is 0 Å². The molecule has 0 saturated carbocycles. The highest BCUT2D eigenvalue weighted by Crippen LogP contribution is 2.23. The molecule has 0 spiro atoms. The van der Waals surface area contributed by atoms with E-state index in [1.54, 1.807) is 11.9 Å². The Bertz CT molecular complexity index is 484. The van der Waals surface area contributed by atoms with Crippen molar-refractivity contribution >= 4 is 21.8 Å². The molecule has 1 amide bonds. The standard InChI is InChI=1S/C16H25BrN2O2/c1-6-19(5)15(20)11-21-13-7-8-14(17)12(9-13)10-18-16(2,3)4/h7-9,18H,6,10-11H2,1-5H3. The van der Waals surface area contributed by atoms with Gasteiger partial charge in [0.25, 0.3) is 5.91 Å². The molecule has 0 fully saturated rings. The third-order valence-corrected chi connectivity index (χ3v) is 3.86. The number of hydrogen-bond acceptors (Lipinski definition) is 3. The fourth-order valence-electron chi connectivity index (χ4n) is 1.57. The zero-order valence-electron chi connectivity index (χ0n) is 13.5. The van der Waals surface area contributed by atoms with Crippen LogP contribution < -0.4 is 10.1 Å². The molecule has 0 aliphatic rings. The van der Waals surface area contributed by atoms with Gasteiger partial charge >= 0.3 is 0 Å². The molecule has 0 heterocycles. The number of nitrogens with one attached hydrogen (secondary N) is 1. The van der Waals surface area contributed by atoms with Crippen LogP contribution in [-0.4, -0.2) is 36.5 Å². The van der Waals surface area contributed by atoms with Crippen LogP contribution in [-0.2, 0) is 11.3 Å². The summed E-state index contributed by atoms with van der Waals surface area (Å²) < 4.78 is 6.61. The van der Waals surface area contributed by atoms with Crippen LogP contribution in [0.5, 0.6) is 5.75 Å². The molecular weight excluding hydrogens is 332 g/mol. The van der Waals surface area contributed by atoms with Gasteiger partial charge in [-0.3, -0.25) is 4.79 Å². The topological polar surface area (TPSA) is 41.6 Å². The molecule has 0 radical (unpaired) electrons. The Labute approximate surface area is 136 Å². The monoisotopic (exact) mass is 356 g/mol. The van der Waals surface area contributed by atoms with Crippen LogP contribution in [0.1, 0.15) is 33.3 Å². The third kappa shape index (κ3) is 6.48. The third-order valence-electron chi connectivity index (χ3n) is 3.09. The largest absolute Gasteiger partial charge is 0.484 e. The molecular formula is C16H25BrN2O2. The fraction of sp³-hybridized carbons (Fsp3) is 0.562. The lowest BCUT2D eigenvalue weighted by Crippen LogP contribution is -2.35. The summed E-state index contributed by atoms with van der Waals surface area (Å²) in [5, 5.41) is 3.44. The number of likely N-dealkylation sites (N-methyl/N-ethyl adjacent to an activating group) is 1. The van der Waals surface area contributed by atoms with Crippen LogP contribution in [0.2, 0.25) is 0 Å². The molecule has 1 N–H and O–H groups in total. The summed E-state index contributed by atoms with van der Waals surface area (Å²) in [7, 11) is 1.77. The van der Waals surface area contributed by atoms with Crippen molar-refractivity contribution in [3.05, 3.63) is 28.2 Å². The van der Waals surface area contributed by atoms with Crippen molar-refractivity contribution in [2.24, 2.45) is 0 Å². The highest BCUT2D eigenvalue weighted by atomic mass is 79.9. The zero-order chi connectivity index (χ0) is 16.0. The second-order valence-corrected chi connectivity index (χ2v) is 6.91. The number of benzene rings is 1. The number of rotatable bonds is 6. The minimum atomic E-state index is -0.0187. The summed E-state index contributed by atoms with van der Waals surface area (Å²) in [4.78, 5) is 13.4. The summed E-state index contributed by atoms with van der Waals surface area (Å²) in [5.41, 5.74) is 1.16. The van der Waals surface area contributed by atoms with Gasteiger partial charge in [0, 0.05) is 30.1 Å². The smallest absolute Gasteiger partial charge is 0.260 e. The molecule has 0 aliphatic heterocycles. The molecule has 0 saturated heterocycles. The first-order valence-corrected chi connectivity index (χ1v) is 7.92. The average molecular weight is 357 g/mol. The van der Waals surface area contributed by atoms with Gasteiger partial charge in [0.1, 0.15) is 5.75 Å². The normalized spacial score (nSPS) is 11.3. The van der Waals surface area contributed by atoms with Gasteiger partial charge in [-0.2, -0.15) is 0 Å². The average Bonchev–Trinajstić information content (AvgIpc) is 2.42. The van der Waals surface area contributed by atoms with Crippen molar-refractivity contribution < 1.29 is 9.53 Å². The van der Waals surface area contributed by atoms with E-state index in [1.807, 2.05) is 25.1 Å². The first-order valence-electron chi connectivity index (χ1n) is 7.13. The Kier molecular flexibility index (Phi) is 6.68. The summed E-state index contributed by atoms with van der Waals surface area (Å²) in [6, 6.07) is 5.77. The highest BCUT2D eigenvalue weighted by molar-refractivity contribution is 9.10. The minimum absolute atomic E-state index is 0.0187. The molecule has 118 valence electrons. The quantitative estimate of drug-likeness (QED) is 0.850. The van der Waals surface area contributed by atoms with Gasteiger partial charge in [-0.05, 0) is 51.5 Å². The number of nitrogens with zero attached hydrogens (tertiary/aromatic N) is 1. The molecule has 5 heteroatoms. The molecule has 0 unspecified atom stereocenters. The van der Waals surface area contributed by atoms with E-state index >= 15 is 0 Å². The van der Waals surface area contributed by atoms with Crippen molar-refractivity contribution in [3.8, 4) is 5.75 Å². The van der Waals surface area contributed by atoms with Crippen molar-refractivity contribution in [1.29, 1.82) is 0 Å². The van der Waals surface area contributed by atoms with E-state index in [9.17, 15) is 4.79 Å². The van der Waals surface area contributed by atoms with E-state index in [0.717, 1.165) is 16.6 Å². The Morgan fingerprint density at radius 2 is 2.05 bits per heavy atom. The first-order chi connectivity index (χ1) is 9.73. The summed E-state index contributed by atoms with van der Waals surface area (Å²) in [5.74, 6) is 0.691. The van der Waals surface area contributed by atoms with E-state index in [-0.39, 0.29) is 18.1 Å².